The Morgan fingerprint density at radius 3 is 2.85 bits per heavy atom. The van der Waals surface area contributed by atoms with Gasteiger partial charge in [0.15, 0.2) is 11.6 Å². The highest BCUT2D eigenvalue weighted by atomic mass is 35.5. The normalized spacial score (nSPS) is 11.3. The molecule has 0 saturated heterocycles. The van der Waals surface area contributed by atoms with Crippen LogP contribution in [0.1, 0.15) is 5.56 Å². The molecule has 3 heterocycles. The summed E-state index contributed by atoms with van der Waals surface area (Å²) in [6.07, 6.45) is 2.71. The van der Waals surface area contributed by atoms with Gasteiger partial charge in [0, 0.05) is 34.4 Å². The molecule has 3 aromatic carbocycles. The number of methoxy groups -OCH3 is 1. The van der Waals surface area contributed by atoms with Crippen LogP contribution in [0.2, 0.25) is 5.02 Å². The highest BCUT2D eigenvalue weighted by molar-refractivity contribution is 7.21. The Morgan fingerprint density at radius 1 is 1.12 bits per heavy atom. The molecule has 0 bridgehead atoms. The third-order valence-electron chi connectivity index (χ3n) is 6.11. The number of thiazole rings is 1. The van der Waals surface area contributed by atoms with Crippen LogP contribution in [0.15, 0.2) is 54.9 Å². The maximum absolute atomic E-state index is 15.1. The fourth-order valence-corrected chi connectivity index (χ4v) is 5.60. The van der Waals surface area contributed by atoms with Crippen molar-refractivity contribution in [2.45, 2.75) is 6.92 Å². The minimum atomic E-state index is -0.742. The van der Waals surface area contributed by atoms with E-state index in [0.29, 0.717) is 37.8 Å². The summed E-state index contributed by atoms with van der Waals surface area (Å²) in [5.74, 6) is -0.401. The predicted octanol–water partition coefficient (Wildman–Crippen LogP) is 7.12. The molecule has 6 aromatic rings. The molecule has 0 fully saturated rings. The summed E-state index contributed by atoms with van der Waals surface area (Å²) in [6.45, 7) is 1.77. The summed E-state index contributed by atoms with van der Waals surface area (Å²) in [7, 11) is 1.53. The average molecular weight is 578 g/mol. The topological polar surface area (TPSA) is 111 Å². The number of nitrogens with zero attached hydrogens (tertiary/aromatic N) is 3. The van der Waals surface area contributed by atoms with Gasteiger partial charge in [-0.25, -0.2) is 24.1 Å². The fraction of sp³-hybridized carbons (Fsp3) is 0.143. The SMILES string of the molecule is COc1cnc2c(-c3nc4c(Cl)c(F)c(OCCOC(=O)Nc5ccc6[nH]ccc6c5)cc4s3)cc(C)cc2n1. The number of hydrogen-bond acceptors (Lipinski definition) is 8. The zero-order chi connectivity index (χ0) is 27.8. The summed E-state index contributed by atoms with van der Waals surface area (Å²) < 4.78 is 31.7. The summed E-state index contributed by atoms with van der Waals surface area (Å²) in [5, 5.41) is 4.07. The maximum Gasteiger partial charge on any atom is 0.411 e. The molecule has 0 saturated carbocycles. The van der Waals surface area contributed by atoms with Gasteiger partial charge in [0.2, 0.25) is 5.88 Å². The van der Waals surface area contributed by atoms with E-state index in [4.69, 9.17) is 25.8 Å². The van der Waals surface area contributed by atoms with Gasteiger partial charge in [-0.2, -0.15) is 0 Å². The lowest BCUT2D eigenvalue weighted by Crippen LogP contribution is -2.17. The molecular formula is C28H21ClFN5O4S. The van der Waals surface area contributed by atoms with E-state index in [0.717, 1.165) is 22.0 Å². The Labute approximate surface area is 235 Å². The molecule has 0 radical (unpaired) electrons. The van der Waals surface area contributed by atoms with Crippen LogP contribution in [0.3, 0.4) is 0 Å². The van der Waals surface area contributed by atoms with Gasteiger partial charge in [0.05, 0.1) is 29.0 Å². The largest absolute Gasteiger partial charge is 0.487 e. The quantitative estimate of drug-likeness (QED) is 0.194. The number of halogens is 2. The number of nitrogens with one attached hydrogen (secondary N) is 2. The third-order valence-corrected chi connectivity index (χ3v) is 7.50. The first-order valence-electron chi connectivity index (χ1n) is 12.1. The molecule has 3 aromatic heterocycles. The third kappa shape index (κ3) is 4.96. The Bertz CT molecular complexity index is 1910. The van der Waals surface area contributed by atoms with Gasteiger partial charge in [0.25, 0.3) is 0 Å². The van der Waals surface area contributed by atoms with Crippen molar-refractivity contribution in [3.05, 3.63) is 71.3 Å². The number of amides is 1. The van der Waals surface area contributed by atoms with Crippen LogP contribution in [0.5, 0.6) is 11.6 Å². The number of hydrogen-bond donors (Lipinski definition) is 2. The zero-order valence-electron chi connectivity index (χ0n) is 21.2. The molecule has 40 heavy (non-hydrogen) atoms. The number of carbonyl (C=O) groups excluding carboxylic acids is 1. The second-order valence-corrected chi connectivity index (χ2v) is 10.3. The number of aromatic nitrogens is 4. The van der Waals surface area contributed by atoms with Crippen LogP contribution in [0.4, 0.5) is 14.9 Å². The summed E-state index contributed by atoms with van der Waals surface area (Å²) >= 11 is 7.68. The molecule has 0 aliphatic heterocycles. The lowest BCUT2D eigenvalue weighted by atomic mass is 10.1. The van der Waals surface area contributed by atoms with Crippen LogP contribution >= 0.6 is 22.9 Å². The van der Waals surface area contributed by atoms with E-state index in [1.807, 2.05) is 43.5 Å². The minimum Gasteiger partial charge on any atom is -0.487 e. The van der Waals surface area contributed by atoms with Gasteiger partial charge in [0.1, 0.15) is 28.8 Å². The number of aryl methyl sites for hydroxylation is 1. The molecule has 2 N–H and O–H groups in total. The number of anilines is 1. The molecule has 0 unspecified atom stereocenters. The maximum atomic E-state index is 15.1. The smallest absolute Gasteiger partial charge is 0.411 e. The van der Waals surface area contributed by atoms with E-state index < -0.39 is 11.9 Å². The van der Waals surface area contributed by atoms with Gasteiger partial charge in [-0.15, -0.1) is 11.3 Å². The second-order valence-electron chi connectivity index (χ2n) is 8.85. The molecule has 0 aliphatic rings. The van der Waals surface area contributed by atoms with E-state index >= 15 is 4.39 Å². The van der Waals surface area contributed by atoms with Crippen molar-refractivity contribution in [2.75, 3.05) is 25.6 Å². The highest BCUT2D eigenvalue weighted by Crippen LogP contribution is 2.40. The van der Waals surface area contributed by atoms with Crippen LogP contribution in [0.25, 0.3) is 42.7 Å². The van der Waals surface area contributed by atoms with E-state index in [1.165, 1.54) is 30.7 Å². The van der Waals surface area contributed by atoms with Crippen molar-refractivity contribution < 1.29 is 23.4 Å². The van der Waals surface area contributed by atoms with Gasteiger partial charge in [-0.05, 0) is 48.9 Å². The van der Waals surface area contributed by atoms with Crippen LogP contribution in [-0.2, 0) is 4.74 Å². The van der Waals surface area contributed by atoms with E-state index in [-0.39, 0.29) is 24.0 Å². The minimum absolute atomic E-state index is 0.0618. The summed E-state index contributed by atoms with van der Waals surface area (Å²) in [5.41, 5.74) is 4.87. The Kier molecular flexibility index (Phi) is 6.82. The van der Waals surface area contributed by atoms with E-state index in [1.54, 1.807) is 6.07 Å². The van der Waals surface area contributed by atoms with Gasteiger partial charge in [-0.3, -0.25) is 5.32 Å². The number of fused-ring (bicyclic) bond motifs is 3. The van der Waals surface area contributed by atoms with E-state index in [2.05, 4.69) is 25.3 Å². The van der Waals surface area contributed by atoms with E-state index in [9.17, 15) is 4.79 Å². The van der Waals surface area contributed by atoms with Crippen molar-refractivity contribution in [3.8, 4) is 22.2 Å². The first-order valence-corrected chi connectivity index (χ1v) is 13.3. The molecule has 9 nitrogen and oxygen atoms in total. The van der Waals surface area contributed by atoms with Crippen molar-refractivity contribution in [1.82, 2.24) is 19.9 Å². The number of rotatable bonds is 7. The second kappa shape index (κ2) is 10.6. The van der Waals surface area contributed by atoms with Gasteiger partial charge < -0.3 is 19.2 Å². The molecule has 0 spiro atoms. The van der Waals surface area contributed by atoms with Crippen molar-refractivity contribution in [2.24, 2.45) is 0 Å². The van der Waals surface area contributed by atoms with Crippen LogP contribution in [-0.4, -0.2) is 46.4 Å². The van der Waals surface area contributed by atoms with Crippen molar-refractivity contribution in [3.63, 3.8) is 0 Å². The van der Waals surface area contributed by atoms with Gasteiger partial charge in [-0.1, -0.05) is 11.6 Å². The monoisotopic (exact) mass is 577 g/mol. The first-order chi connectivity index (χ1) is 19.4. The Hall–Kier alpha value is -4.48. The number of benzene rings is 3. The van der Waals surface area contributed by atoms with Crippen LogP contribution < -0.4 is 14.8 Å². The fourth-order valence-electron chi connectivity index (χ4n) is 4.28. The number of H-pyrrole nitrogens is 1. The molecular weight excluding hydrogens is 557 g/mol. The highest BCUT2D eigenvalue weighted by Gasteiger charge is 2.20. The van der Waals surface area contributed by atoms with Crippen molar-refractivity contribution in [1.29, 1.82) is 0 Å². The standard InChI is InChI=1S/C28H21ClFN5O4S/c1-14-9-17(25-19(10-14)34-22(37-2)13-32-25)27-35-26-21(40-27)12-20(24(30)23(26)29)38-7-8-39-28(36)33-16-3-4-18-15(11-16)5-6-31-18/h3-6,9-13,31H,7-8H2,1-2H3,(H,33,36). The molecule has 0 aliphatic carbocycles. The Morgan fingerprint density at radius 2 is 2.00 bits per heavy atom. The molecule has 6 rings (SSSR count). The summed E-state index contributed by atoms with van der Waals surface area (Å²) in [6, 6.07) is 12.7. The molecule has 202 valence electrons. The molecule has 0 atom stereocenters. The lowest BCUT2D eigenvalue weighted by Gasteiger charge is -2.10. The molecule has 1 amide bonds. The molecule has 12 heteroatoms. The number of aromatic amines is 1. The van der Waals surface area contributed by atoms with Crippen molar-refractivity contribution >= 4 is 66.9 Å². The Balaban J connectivity index is 1.17. The predicted molar refractivity (Wildman–Crippen MR) is 153 cm³/mol. The average Bonchev–Trinajstić information content (AvgIpc) is 3.59. The zero-order valence-corrected chi connectivity index (χ0v) is 22.8. The number of carbonyl (C=O) groups is 1. The van der Waals surface area contributed by atoms with Crippen LogP contribution in [0, 0.1) is 12.7 Å². The first kappa shape index (κ1) is 25.8. The van der Waals surface area contributed by atoms with Gasteiger partial charge >= 0.3 is 6.09 Å². The lowest BCUT2D eigenvalue weighted by molar-refractivity contribution is 0.136. The number of ether oxygens (including phenoxy) is 3. The summed E-state index contributed by atoms with van der Waals surface area (Å²) in [4.78, 5) is 28.8.